The molecule has 6 nitrogen and oxygen atoms in total. The Morgan fingerprint density at radius 1 is 1.06 bits per heavy atom. The van der Waals surface area contributed by atoms with Crippen molar-refractivity contribution in [2.45, 2.75) is 19.4 Å². The summed E-state index contributed by atoms with van der Waals surface area (Å²) in [5.41, 5.74) is 4.47. The topological polar surface area (TPSA) is 73.6 Å². The summed E-state index contributed by atoms with van der Waals surface area (Å²) in [6.45, 7) is 4.09. The Bertz CT molecular complexity index is 1510. The molecule has 0 spiro atoms. The summed E-state index contributed by atoms with van der Waals surface area (Å²) in [5.74, 6) is -0.796. The van der Waals surface area contributed by atoms with Gasteiger partial charge in [-0.1, -0.05) is 29.5 Å². The van der Waals surface area contributed by atoms with Gasteiger partial charge >= 0.3 is 0 Å². The predicted octanol–water partition coefficient (Wildman–Crippen LogP) is 5.38. The first-order chi connectivity index (χ1) is 16.1. The van der Waals surface area contributed by atoms with E-state index in [9.17, 15) is 9.18 Å². The van der Waals surface area contributed by atoms with Gasteiger partial charge in [0.05, 0.1) is 23.3 Å². The normalized spacial score (nSPS) is 11.2. The molecule has 7 heteroatoms. The molecule has 0 unspecified atom stereocenters. The number of ketones is 1. The van der Waals surface area contributed by atoms with Crippen LogP contribution in [0.5, 0.6) is 0 Å². The number of hydrogen-bond donors (Lipinski definition) is 0. The minimum Gasteiger partial charge on any atom is -0.294 e. The molecule has 0 amide bonds. The Kier molecular flexibility index (Phi) is 5.44. The van der Waals surface area contributed by atoms with E-state index >= 15 is 0 Å². The van der Waals surface area contributed by atoms with Gasteiger partial charge in [-0.05, 0) is 54.4 Å². The fourth-order valence-corrected chi connectivity index (χ4v) is 3.79. The highest BCUT2D eigenvalue weighted by atomic mass is 19.1. The van der Waals surface area contributed by atoms with E-state index in [0.717, 1.165) is 16.5 Å². The number of allylic oxidation sites excluding steroid dienone is 1. The van der Waals surface area contributed by atoms with Crippen LogP contribution in [0.15, 0.2) is 79.5 Å². The van der Waals surface area contributed by atoms with Gasteiger partial charge in [0.25, 0.3) is 0 Å². The highest BCUT2D eigenvalue weighted by Crippen LogP contribution is 2.24. The predicted molar refractivity (Wildman–Crippen MR) is 125 cm³/mol. The van der Waals surface area contributed by atoms with Crippen molar-refractivity contribution in [3.63, 3.8) is 0 Å². The molecule has 0 aliphatic heterocycles. The first kappa shape index (κ1) is 20.6. The monoisotopic (exact) mass is 437 g/mol. The van der Waals surface area contributed by atoms with Crippen molar-refractivity contribution in [2.24, 2.45) is 0 Å². The maximum absolute atomic E-state index is 14.7. The van der Waals surface area contributed by atoms with Crippen LogP contribution in [-0.2, 0) is 6.54 Å². The van der Waals surface area contributed by atoms with Crippen LogP contribution in [0.2, 0.25) is 0 Å². The Morgan fingerprint density at radius 3 is 2.79 bits per heavy atom. The highest BCUT2D eigenvalue weighted by Gasteiger charge is 2.14. The van der Waals surface area contributed by atoms with Crippen LogP contribution < -0.4 is 0 Å². The van der Waals surface area contributed by atoms with E-state index in [1.165, 1.54) is 12.1 Å². The van der Waals surface area contributed by atoms with Gasteiger partial charge in [0, 0.05) is 23.6 Å². The summed E-state index contributed by atoms with van der Waals surface area (Å²) in [6.07, 6.45) is 4.17. The van der Waals surface area contributed by atoms with Crippen LogP contribution in [0.4, 0.5) is 4.39 Å². The molecule has 0 atom stereocenters. The smallest absolute Gasteiger partial charge is 0.179 e. The summed E-state index contributed by atoms with van der Waals surface area (Å²) in [4.78, 5) is 21.2. The Hall–Kier alpha value is -4.26. The molecule has 5 rings (SSSR count). The molecule has 0 fully saturated rings. The molecule has 0 aliphatic carbocycles. The molecule has 3 aromatic heterocycles. The average molecular weight is 437 g/mol. The van der Waals surface area contributed by atoms with Crippen molar-refractivity contribution in [3.8, 4) is 11.3 Å². The van der Waals surface area contributed by atoms with Gasteiger partial charge in [-0.2, -0.15) is 0 Å². The van der Waals surface area contributed by atoms with Crippen LogP contribution in [0.25, 0.3) is 33.3 Å². The van der Waals surface area contributed by atoms with E-state index in [-0.39, 0.29) is 17.8 Å². The number of benzene rings is 2. The van der Waals surface area contributed by atoms with Crippen LogP contribution in [-0.4, -0.2) is 30.7 Å². The van der Waals surface area contributed by atoms with E-state index in [4.69, 9.17) is 0 Å². The second-order valence-electron chi connectivity index (χ2n) is 7.76. The van der Waals surface area contributed by atoms with Crippen LogP contribution in [0.1, 0.15) is 28.8 Å². The van der Waals surface area contributed by atoms with Gasteiger partial charge in [-0.15, -0.1) is 11.7 Å². The van der Waals surface area contributed by atoms with Crippen LogP contribution in [0.3, 0.4) is 0 Å². The Morgan fingerprint density at radius 2 is 1.94 bits per heavy atom. The number of rotatable bonds is 7. The minimum absolute atomic E-state index is 0.0826. The Labute approximate surface area is 189 Å². The van der Waals surface area contributed by atoms with E-state index in [0.29, 0.717) is 35.4 Å². The molecule has 0 saturated carbocycles. The van der Waals surface area contributed by atoms with E-state index in [1.807, 2.05) is 30.3 Å². The highest BCUT2D eigenvalue weighted by molar-refractivity contribution is 5.96. The first-order valence-electron chi connectivity index (χ1n) is 10.6. The number of carbonyl (C=O) groups is 1. The third-order valence-electron chi connectivity index (χ3n) is 5.50. The Balaban J connectivity index is 1.46. The summed E-state index contributed by atoms with van der Waals surface area (Å²) in [5, 5.41) is 9.50. The second kappa shape index (κ2) is 8.70. The van der Waals surface area contributed by atoms with Gasteiger partial charge < -0.3 is 0 Å². The summed E-state index contributed by atoms with van der Waals surface area (Å²) in [6, 6.07) is 18.1. The molecule has 0 N–H and O–H groups in total. The number of pyridine rings is 2. The zero-order chi connectivity index (χ0) is 22.8. The lowest BCUT2D eigenvalue weighted by Crippen LogP contribution is -2.04. The number of fused-ring (bicyclic) bond motifs is 2. The molecular formula is C26H20FN5O. The zero-order valence-corrected chi connectivity index (χ0v) is 17.8. The maximum atomic E-state index is 14.7. The van der Waals surface area contributed by atoms with Gasteiger partial charge in [0.15, 0.2) is 11.4 Å². The molecule has 3 heterocycles. The molecule has 0 radical (unpaired) electrons. The molecule has 2 aromatic carbocycles. The largest absolute Gasteiger partial charge is 0.294 e. The fourth-order valence-electron chi connectivity index (χ4n) is 3.79. The lowest BCUT2D eigenvalue weighted by molar-refractivity contribution is 0.0980. The average Bonchev–Trinajstić information content (AvgIpc) is 3.24. The summed E-state index contributed by atoms with van der Waals surface area (Å²) in [7, 11) is 0. The second-order valence-corrected chi connectivity index (χ2v) is 7.76. The third kappa shape index (κ3) is 4.13. The first-order valence-corrected chi connectivity index (χ1v) is 10.6. The van der Waals surface area contributed by atoms with Crippen molar-refractivity contribution in [1.82, 2.24) is 25.0 Å². The SMILES string of the molecule is C=CCCC(=O)c1ccc(-c2ccc3nnn(Cc4ccc5ncccc5c4)c3n2)cc1F. The van der Waals surface area contributed by atoms with Crippen LogP contribution in [0, 0.1) is 5.82 Å². The molecular weight excluding hydrogens is 417 g/mol. The molecule has 0 bridgehead atoms. The quantitative estimate of drug-likeness (QED) is 0.253. The lowest BCUT2D eigenvalue weighted by atomic mass is 10.0. The molecule has 162 valence electrons. The van der Waals surface area contributed by atoms with Crippen molar-refractivity contribution < 1.29 is 9.18 Å². The van der Waals surface area contributed by atoms with Gasteiger partial charge in [0.2, 0.25) is 0 Å². The number of halogens is 1. The van der Waals surface area contributed by atoms with Crippen molar-refractivity contribution in [2.75, 3.05) is 0 Å². The number of aromatic nitrogens is 5. The van der Waals surface area contributed by atoms with Crippen molar-refractivity contribution in [3.05, 3.63) is 96.5 Å². The summed E-state index contributed by atoms with van der Waals surface area (Å²) >= 11 is 0. The zero-order valence-electron chi connectivity index (χ0n) is 17.8. The van der Waals surface area contributed by atoms with Gasteiger partial charge in [0.1, 0.15) is 11.3 Å². The fraction of sp³-hybridized carbons (Fsp3) is 0.115. The standard InChI is InChI=1S/C26H20FN5O/c1-2-3-6-25(33)20-9-8-19(15-21(20)27)23-11-12-24-26(29-23)32(31-30-24)16-17-7-10-22-18(14-17)5-4-13-28-22/h2,4-5,7-15H,1,3,6,16H2. The summed E-state index contributed by atoms with van der Waals surface area (Å²) < 4.78 is 16.4. The van der Waals surface area contributed by atoms with E-state index in [2.05, 4.69) is 32.9 Å². The maximum Gasteiger partial charge on any atom is 0.179 e. The lowest BCUT2D eigenvalue weighted by Gasteiger charge is -2.07. The number of carbonyl (C=O) groups excluding carboxylic acids is 1. The van der Waals surface area contributed by atoms with Gasteiger partial charge in [-0.3, -0.25) is 9.78 Å². The molecule has 0 saturated heterocycles. The number of nitrogens with zero attached hydrogens (tertiary/aromatic N) is 5. The molecule has 33 heavy (non-hydrogen) atoms. The van der Waals surface area contributed by atoms with Crippen molar-refractivity contribution in [1.29, 1.82) is 0 Å². The molecule has 0 aliphatic rings. The van der Waals surface area contributed by atoms with E-state index in [1.54, 1.807) is 29.1 Å². The van der Waals surface area contributed by atoms with Gasteiger partial charge in [-0.25, -0.2) is 14.1 Å². The molecule has 5 aromatic rings. The van der Waals surface area contributed by atoms with Crippen molar-refractivity contribution >= 4 is 27.9 Å². The minimum atomic E-state index is -0.556. The number of Topliss-reactive ketones (excluding diaryl/α,β-unsaturated/α-hetero) is 1. The third-order valence-corrected chi connectivity index (χ3v) is 5.50. The van der Waals surface area contributed by atoms with Crippen LogP contribution >= 0.6 is 0 Å². The number of hydrogen-bond acceptors (Lipinski definition) is 5. The van der Waals surface area contributed by atoms with E-state index < -0.39 is 5.82 Å².